The topological polar surface area (TPSA) is 58.9 Å². The first-order valence-corrected chi connectivity index (χ1v) is 10.9. The molecule has 7 atom stereocenters. The van der Waals surface area contributed by atoms with E-state index in [9.17, 15) is 10.0 Å². The Bertz CT molecular complexity index is 683. The molecule has 0 amide bonds. The second-order valence-corrected chi connectivity index (χ2v) is 10.2. The van der Waals surface area contributed by atoms with E-state index in [1.54, 1.807) is 0 Å². The summed E-state index contributed by atoms with van der Waals surface area (Å²) in [5.41, 5.74) is 2.67. The molecule has 4 aliphatic carbocycles. The van der Waals surface area contributed by atoms with Gasteiger partial charge in [-0.2, -0.15) is 0 Å². The van der Waals surface area contributed by atoms with Gasteiger partial charge in [-0.1, -0.05) is 25.1 Å². The van der Waals surface area contributed by atoms with Crippen molar-refractivity contribution in [2.24, 2.45) is 39.7 Å². The number of carbonyl (C=O) groups excluding carboxylic acids is 1. The van der Waals surface area contributed by atoms with Gasteiger partial charge in [-0.05, 0) is 98.4 Å². The molecule has 4 rings (SSSR count). The first kappa shape index (κ1) is 19.0. The first-order chi connectivity index (χ1) is 12.8. The fraction of sp³-hybridized carbons (Fsp3) is 0.826. The van der Waals surface area contributed by atoms with Crippen LogP contribution in [0.25, 0.3) is 0 Å². The highest BCUT2D eigenvalue weighted by Gasteiger charge is 2.59. The number of hydrogen-bond donors (Lipinski definition) is 1. The van der Waals surface area contributed by atoms with E-state index in [1.165, 1.54) is 44.6 Å². The molecule has 4 heteroatoms. The lowest BCUT2D eigenvalue weighted by Gasteiger charge is -2.60. The maximum atomic E-state index is 11.4. The van der Waals surface area contributed by atoms with Crippen LogP contribution in [0.1, 0.15) is 79.1 Å². The quantitative estimate of drug-likeness (QED) is 0.307. The van der Waals surface area contributed by atoms with Gasteiger partial charge in [0.25, 0.3) is 0 Å². The van der Waals surface area contributed by atoms with E-state index < -0.39 is 0 Å². The van der Waals surface area contributed by atoms with Crippen molar-refractivity contribution in [1.82, 2.24) is 0 Å². The Labute approximate surface area is 163 Å². The third-order valence-corrected chi connectivity index (χ3v) is 9.07. The van der Waals surface area contributed by atoms with Crippen molar-refractivity contribution in [3.05, 3.63) is 11.6 Å². The molecule has 0 aliphatic heterocycles. The second-order valence-electron chi connectivity index (χ2n) is 10.2. The lowest BCUT2D eigenvalue weighted by atomic mass is 9.44. The van der Waals surface area contributed by atoms with Crippen LogP contribution in [0.5, 0.6) is 0 Å². The summed E-state index contributed by atoms with van der Waals surface area (Å²) in [6.07, 6.45) is 11.9. The molecule has 0 aromatic rings. The number of fused-ring (bicyclic) bond motifs is 5. The van der Waals surface area contributed by atoms with Gasteiger partial charge in [-0.3, -0.25) is 4.79 Å². The number of nitrogens with zero attached hydrogens (tertiary/aromatic N) is 1. The predicted molar refractivity (Wildman–Crippen MR) is 106 cm³/mol. The zero-order chi connectivity index (χ0) is 19.4. The summed E-state index contributed by atoms with van der Waals surface area (Å²) in [4.78, 5) is 11.4. The van der Waals surface area contributed by atoms with Crippen LogP contribution in [0.4, 0.5) is 0 Å². The zero-order valence-electron chi connectivity index (χ0n) is 17.3. The third-order valence-electron chi connectivity index (χ3n) is 9.07. The monoisotopic (exact) mass is 373 g/mol. The zero-order valence-corrected chi connectivity index (χ0v) is 17.3. The van der Waals surface area contributed by atoms with Crippen molar-refractivity contribution >= 4 is 11.7 Å². The lowest BCUT2D eigenvalue weighted by Crippen LogP contribution is -2.54. The van der Waals surface area contributed by atoms with Crippen LogP contribution >= 0.6 is 0 Å². The van der Waals surface area contributed by atoms with Gasteiger partial charge in [0.15, 0.2) is 0 Å². The van der Waals surface area contributed by atoms with Crippen LogP contribution < -0.4 is 0 Å². The number of allylic oxidation sites excluding steroid dienone is 2. The molecule has 3 saturated carbocycles. The van der Waals surface area contributed by atoms with Crippen molar-refractivity contribution in [3.63, 3.8) is 0 Å². The van der Waals surface area contributed by atoms with Gasteiger partial charge in [0.05, 0.1) is 5.71 Å². The molecule has 150 valence electrons. The van der Waals surface area contributed by atoms with Crippen LogP contribution in [0, 0.1) is 34.5 Å². The highest BCUT2D eigenvalue weighted by molar-refractivity contribution is 5.99. The number of rotatable bonds is 2. The normalized spacial score (nSPS) is 46.7. The van der Waals surface area contributed by atoms with Crippen LogP contribution in [-0.4, -0.2) is 23.0 Å². The molecule has 4 aliphatic rings. The Hall–Kier alpha value is -1.32. The highest BCUT2D eigenvalue weighted by Crippen LogP contribution is 2.66. The van der Waals surface area contributed by atoms with Crippen LogP contribution in [0.2, 0.25) is 0 Å². The Morgan fingerprint density at radius 1 is 1.15 bits per heavy atom. The van der Waals surface area contributed by atoms with E-state index in [4.69, 9.17) is 4.74 Å². The summed E-state index contributed by atoms with van der Waals surface area (Å²) in [6.45, 7) is 8.42. The Morgan fingerprint density at radius 2 is 1.93 bits per heavy atom. The number of ether oxygens (including phenoxy) is 1. The fourth-order valence-electron chi connectivity index (χ4n) is 7.74. The van der Waals surface area contributed by atoms with Gasteiger partial charge in [-0.25, -0.2) is 0 Å². The molecule has 0 saturated heterocycles. The van der Waals surface area contributed by atoms with E-state index in [-0.39, 0.29) is 17.5 Å². The molecule has 27 heavy (non-hydrogen) atoms. The van der Waals surface area contributed by atoms with Crippen LogP contribution in [0.3, 0.4) is 0 Å². The molecule has 0 aromatic carbocycles. The Kier molecular flexibility index (Phi) is 4.67. The average Bonchev–Trinajstić information content (AvgIpc) is 2.98. The highest BCUT2D eigenvalue weighted by atomic mass is 16.5. The second kappa shape index (κ2) is 6.63. The molecule has 0 spiro atoms. The van der Waals surface area contributed by atoms with Crippen molar-refractivity contribution in [2.45, 2.75) is 85.2 Å². The Morgan fingerprint density at radius 3 is 2.63 bits per heavy atom. The van der Waals surface area contributed by atoms with Crippen LogP contribution in [0.15, 0.2) is 16.8 Å². The molecular formula is C23H35NO3. The van der Waals surface area contributed by atoms with Gasteiger partial charge in [0.1, 0.15) is 6.10 Å². The SMILES string of the molecule is CC(=O)O[C@@H]1CC[C@@]2(C)[C@@H](CC[C@H]3[C@H]2CC[C@]2(C)C(/C(C)=N/O)=CC[C@H]32)C1. The fourth-order valence-corrected chi connectivity index (χ4v) is 7.74. The van der Waals surface area contributed by atoms with Crippen molar-refractivity contribution < 1.29 is 14.7 Å². The molecule has 0 heterocycles. The summed E-state index contributed by atoms with van der Waals surface area (Å²) in [5.74, 6) is 2.81. The van der Waals surface area contributed by atoms with E-state index in [0.29, 0.717) is 17.3 Å². The van der Waals surface area contributed by atoms with Crippen LogP contribution in [-0.2, 0) is 9.53 Å². The van der Waals surface area contributed by atoms with E-state index in [0.717, 1.165) is 36.8 Å². The minimum Gasteiger partial charge on any atom is -0.463 e. The molecule has 0 radical (unpaired) electrons. The van der Waals surface area contributed by atoms with E-state index in [1.807, 2.05) is 6.92 Å². The van der Waals surface area contributed by atoms with Crippen molar-refractivity contribution in [1.29, 1.82) is 0 Å². The molecule has 0 aromatic heterocycles. The molecule has 3 fully saturated rings. The predicted octanol–water partition coefficient (Wildman–Crippen LogP) is 5.35. The number of esters is 1. The average molecular weight is 374 g/mol. The molecule has 0 unspecified atom stereocenters. The first-order valence-electron chi connectivity index (χ1n) is 10.9. The number of carbonyl (C=O) groups is 1. The van der Waals surface area contributed by atoms with Gasteiger partial charge in [-0.15, -0.1) is 0 Å². The smallest absolute Gasteiger partial charge is 0.302 e. The summed E-state index contributed by atoms with van der Waals surface area (Å²) in [6, 6.07) is 0. The Balaban J connectivity index is 1.54. The third kappa shape index (κ3) is 2.86. The summed E-state index contributed by atoms with van der Waals surface area (Å²) >= 11 is 0. The van der Waals surface area contributed by atoms with Crippen molar-refractivity contribution in [2.75, 3.05) is 0 Å². The van der Waals surface area contributed by atoms with Gasteiger partial charge in [0.2, 0.25) is 0 Å². The maximum Gasteiger partial charge on any atom is 0.302 e. The molecule has 0 bridgehead atoms. The summed E-state index contributed by atoms with van der Waals surface area (Å²) < 4.78 is 5.58. The largest absolute Gasteiger partial charge is 0.463 e. The van der Waals surface area contributed by atoms with E-state index in [2.05, 4.69) is 25.1 Å². The van der Waals surface area contributed by atoms with E-state index >= 15 is 0 Å². The standard InChI is InChI=1S/C23H35NO3/c1-14(24-26)19-7-8-20-18-6-5-16-13-17(27-15(2)25)9-11-22(16,3)21(18)10-12-23(19,20)4/h7,16-18,20-21,26H,5-6,8-13H2,1-4H3/b24-14+/t16-,17+,18+,20+,21+,22-,23+/m0/s1. The molecule has 4 nitrogen and oxygen atoms in total. The maximum absolute atomic E-state index is 11.4. The van der Waals surface area contributed by atoms with Gasteiger partial charge in [0, 0.05) is 6.92 Å². The molecular weight excluding hydrogens is 338 g/mol. The van der Waals surface area contributed by atoms with Gasteiger partial charge >= 0.3 is 5.97 Å². The minimum absolute atomic E-state index is 0.129. The van der Waals surface area contributed by atoms with Gasteiger partial charge < -0.3 is 9.94 Å². The minimum atomic E-state index is -0.129. The summed E-state index contributed by atoms with van der Waals surface area (Å²) in [5, 5.41) is 12.9. The molecule has 1 N–H and O–H groups in total. The van der Waals surface area contributed by atoms with Crippen molar-refractivity contribution in [3.8, 4) is 0 Å². The number of oxime groups is 1. The number of hydrogen-bond acceptors (Lipinski definition) is 4. The lowest BCUT2D eigenvalue weighted by molar-refractivity contribution is -0.158. The summed E-state index contributed by atoms with van der Waals surface area (Å²) in [7, 11) is 0.